The Bertz CT molecular complexity index is 736. The van der Waals surface area contributed by atoms with E-state index in [-0.39, 0.29) is 9.92 Å². The first-order valence-electron chi connectivity index (χ1n) is 6.12. The SMILES string of the molecule is O=[N+]([O-])c1cc(CNc2ccc(-n3ccnc3)nc2)cs1. The molecule has 0 radical (unpaired) electrons. The normalized spacial score (nSPS) is 10.5. The maximum absolute atomic E-state index is 10.6. The zero-order valence-electron chi connectivity index (χ0n) is 10.8. The van der Waals surface area contributed by atoms with E-state index in [1.54, 1.807) is 30.2 Å². The van der Waals surface area contributed by atoms with Crippen molar-refractivity contribution >= 4 is 22.0 Å². The van der Waals surface area contributed by atoms with Crippen molar-refractivity contribution in [2.75, 3.05) is 5.32 Å². The van der Waals surface area contributed by atoms with Crippen LogP contribution in [-0.2, 0) is 6.54 Å². The molecule has 7 nitrogen and oxygen atoms in total. The summed E-state index contributed by atoms with van der Waals surface area (Å²) in [6.45, 7) is 0.524. The van der Waals surface area contributed by atoms with E-state index >= 15 is 0 Å². The number of nitrogens with one attached hydrogen (secondary N) is 1. The minimum atomic E-state index is -0.379. The van der Waals surface area contributed by atoms with E-state index in [2.05, 4.69) is 15.3 Å². The number of thiophene rings is 1. The first-order chi connectivity index (χ1) is 10.2. The summed E-state index contributed by atoms with van der Waals surface area (Å²) in [6, 6.07) is 5.36. The number of nitro groups is 1. The van der Waals surface area contributed by atoms with Crippen molar-refractivity contribution in [3.05, 3.63) is 64.2 Å². The molecule has 0 unspecified atom stereocenters. The minimum absolute atomic E-state index is 0.153. The van der Waals surface area contributed by atoms with Gasteiger partial charge < -0.3 is 5.32 Å². The Labute approximate surface area is 124 Å². The van der Waals surface area contributed by atoms with Crippen molar-refractivity contribution in [1.82, 2.24) is 14.5 Å². The molecule has 0 aliphatic rings. The number of nitrogens with zero attached hydrogens (tertiary/aromatic N) is 4. The first kappa shape index (κ1) is 13.3. The third-order valence-corrected chi connectivity index (χ3v) is 3.76. The molecule has 106 valence electrons. The van der Waals surface area contributed by atoms with Crippen LogP contribution in [0.3, 0.4) is 0 Å². The van der Waals surface area contributed by atoms with Gasteiger partial charge in [0.05, 0.1) is 16.8 Å². The highest BCUT2D eigenvalue weighted by Crippen LogP contribution is 2.23. The summed E-state index contributed by atoms with van der Waals surface area (Å²) in [5, 5.41) is 15.7. The molecule has 3 heterocycles. The van der Waals surface area contributed by atoms with Crippen LogP contribution >= 0.6 is 11.3 Å². The van der Waals surface area contributed by atoms with E-state index < -0.39 is 0 Å². The van der Waals surface area contributed by atoms with Crippen LogP contribution in [0, 0.1) is 10.1 Å². The summed E-state index contributed by atoms with van der Waals surface area (Å²) in [5.41, 5.74) is 1.73. The summed E-state index contributed by atoms with van der Waals surface area (Å²) in [5.74, 6) is 0.782. The van der Waals surface area contributed by atoms with Gasteiger partial charge in [0.25, 0.3) is 0 Å². The molecule has 0 aliphatic carbocycles. The molecule has 0 spiro atoms. The van der Waals surface area contributed by atoms with Crippen molar-refractivity contribution in [1.29, 1.82) is 0 Å². The second kappa shape index (κ2) is 5.71. The summed E-state index contributed by atoms with van der Waals surface area (Å²) in [4.78, 5) is 18.5. The fraction of sp³-hybridized carbons (Fsp3) is 0.0769. The molecule has 3 aromatic heterocycles. The van der Waals surface area contributed by atoms with Gasteiger partial charge in [-0.3, -0.25) is 14.7 Å². The van der Waals surface area contributed by atoms with Crippen LogP contribution in [0.2, 0.25) is 0 Å². The largest absolute Gasteiger partial charge is 0.380 e. The topological polar surface area (TPSA) is 85.9 Å². The second-order valence-electron chi connectivity index (χ2n) is 4.28. The van der Waals surface area contributed by atoms with Crippen LogP contribution in [0.1, 0.15) is 5.56 Å². The molecular weight excluding hydrogens is 290 g/mol. The van der Waals surface area contributed by atoms with Gasteiger partial charge in [-0.15, -0.1) is 0 Å². The number of hydrogen-bond donors (Lipinski definition) is 1. The third kappa shape index (κ3) is 3.06. The lowest BCUT2D eigenvalue weighted by Crippen LogP contribution is -2.00. The van der Waals surface area contributed by atoms with Gasteiger partial charge in [0.15, 0.2) is 0 Å². The highest BCUT2D eigenvalue weighted by molar-refractivity contribution is 7.13. The zero-order valence-corrected chi connectivity index (χ0v) is 11.7. The van der Waals surface area contributed by atoms with E-state index in [0.29, 0.717) is 6.54 Å². The Morgan fingerprint density at radius 3 is 2.95 bits per heavy atom. The van der Waals surface area contributed by atoms with Crippen LogP contribution < -0.4 is 5.32 Å². The summed E-state index contributed by atoms with van der Waals surface area (Å²) < 4.78 is 1.81. The number of imidazole rings is 1. The molecule has 8 heteroatoms. The van der Waals surface area contributed by atoms with E-state index in [9.17, 15) is 10.1 Å². The van der Waals surface area contributed by atoms with E-state index in [1.165, 1.54) is 0 Å². The number of anilines is 1. The van der Waals surface area contributed by atoms with Crippen molar-refractivity contribution in [2.45, 2.75) is 6.54 Å². The van der Waals surface area contributed by atoms with Gasteiger partial charge in [0.2, 0.25) is 0 Å². The fourth-order valence-corrected chi connectivity index (χ4v) is 2.52. The van der Waals surface area contributed by atoms with E-state index in [4.69, 9.17) is 0 Å². The average molecular weight is 301 g/mol. The summed E-state index contributed by atoms with van der Waals surface area (Å²) >= 11 is 1.13. The monoisotopic (exact) mass is 301 g/mol. The predicted molar refractivity (Wildman–Crippen MR) is 79.7 cm³/mol. The Morgan fingerprint density at radius 1 is 1.43 bits per heavy atom. The van der Waals surface area contributed by atoms with Crippen molar-refractivity contribution in [2.24, 2.45) is 0 Å². The Morgan fingerprint density at radius 2 is 2.33 bits per heavy atom. The van der Waals surface area contributed by atoms with Crippen LogP contribution in [0.5, 0.6) is 0 Å². The molecule has 0 fully saturated rings. The van der Waals surface area contributed by atoms with Gasteiger partial charge in [0.1, 0.15) is 12.1 Å². The van der Waals surface area contributed by atoms with Gasteiger partial charge in [-0.2, -0.15) is 0 Å². The van der Waals surface area contributed by atoms with Crippen molar-refractivity contribution in [3.63, 3.8) is 0 Å². The lowest BCUT2D eigenvalue weighted by atomic mass is 10.3. The highest BCUT2D eigenvalue weighted by Gasteiger charge is 2.09. The van der Waals surface area contributed by atoms with Crippen LogP contribution in [0.4, 0.5) is 10.7 Å². The molecule has 21 heavy (non-hydrogen) atoms. The molecule has 3 rings (SSSR count). The number of rotatable bonds is 5. The fourth-order valence-electron chi connectivity index (χ4n) is 1.79. The molecule has 0 bridgehead atoms. The maximum atomic E-state index is 10.6. The van der Waals surface area contributed by atoms with Gasteiger partial charge in [-0.05, 0) is 17.7 Å². The zero-order chi connectivity index (χ0) is 14.7. The van der Waals surface area contributed by atoms with E-state index in [1.807, 2.05) is 22.9 Å². The first-order valence-corrected chi connectivity index (χ1v) is 7.00. The summed E-state index contributed by atoms with van der Waals surface area (Å²) in [7, 11) is 0. The van der Waals surface area contributed by atoms with Crippen molar-refractivity contribution in [3.8, 4) is 5.82 Å². The van der Waals surface area contributed by atoms with Gasteiger partial charge in [-0.1, -0.05) is 11.3 Å². The number of pyridine rings is 1. The molecule has 0 aliphatic heterocycles. The lowest BCUT2D eigenvalue weighted by molar-refractivity contribution is -0.380. The summed E-state index contributed by atoms with van der Waals surface area (Å²) in [6.07, 6.45) is 6.91. The second-order valence-corrected chi connectivity index (χ2v) is 5.17. The molecular formula is C13H11N5O2S. The predicted octanol–water partition coefficient (Wildman–Crippen LogP) is 2.85. The molecule has 0 saturated heterocycles. The third-order valence-electron chi connectivity index (χ3n) is 2.83. The van der Waals surface area contributed by atoms with E-state index in [0.717, 1.165) is 28.4 Å². The highest BCUT2D eigenvalue weighted by atomic mass is 32.1. The lowest BCUT2D eigenvalue weighted by Gasteiger charge is -2.06. The number of hydrogen-bond acceptors (Lipinski definition) is 6. The maximum Gasteiger partial charge on any atom is 0.324 e. The molecule has 1 N–H and O–H groups in total. The van der Waals surface area contributed by atoms with Crippen LogP contribution in [0.25, 0.3) is 5.82 Å². The molecule has 0 aromatic carbocycles. The van der Waals surface area contributed by atoms with Crippen molar-refractivity contribution < 1.29 is 4.92 Å². The quantitative estimate of drug-likeness (QED) is 0.578. The Balaban J connectivity index is 1.64. The minimum Gasteiger partial charge on any atom is -0.380 e. The van der Waals surface area contributed by atoms with Gasteiger partial charge in [-0.25, -0.2) is 9.97 Å². The molecule has 0 amide bonds. The number of aromatic nitrogens is 3. The average Bonchev–Trinajstić information content (AvgIpc) is 3.17. The Hall–Kier alpha value is -2.74. The molecule has 3 aromatic rings. The molecule has 0 atom stereocenters. The Kier molecular flexibility index (Phi) is 3.61. The van der Waals surface area contributed by atoms with Crippen LogP contribution in [-0.4, -0.2) is 19.5 Å². The van der Waals surface area contributed by atoms with Gasteiger partial charge >= 0.3 is 5.00 Å². The van der Waals surface area contributed by atoms with Crippen LogP contribution in [0.15, 0.2) is 48.5 Å². The standard InChI is InChI=1S/C13H11N5O2S/c19-18(20)13-5-10(8-21-13)6-15-11-1-2-12(16-7-11)17-4-3-14-9-17/h1-5,7-9,15H,6H2. The molecule has 0 saturated carbocycles. The van der Waals surface area contributed by atoms with Gasteiger partial charge in [0, 0.05) is 30.4 Å². The smallest absolute Gasteiger partial charge is 0.324 e.